The summed E-state index contributed by atoms with van der Waals surface area (Å²) in [5.41, 5.74) is 4.42. The second kappa shape index (κ2) is 6.79. The van der Waals surface area contributed by atoms with E-state index in [-0.39, 0.29) is 5.82 Å². The summed E-state index contributed by atoms with van der Waals surface area (Å²) in [5.74, 6) is 0.124. The topological polar surface area (TPSA) is 67.1 Å². The van der Waals surface area contributed by atoms with Crippen LogP contribution in [0.5, 0.6) is 0 Å². The zero-order chi connectivity index (χ0) is 19.3. The Morgan fingerprint density at radius 1 is 1.21 bits per heavy atom. The molecule has 0 unspecified atom stereocenters. The van der Waals surface area contributed by atoms with Crippen molar-refractivity contribution in [3.05, 3.63) is 40.9 Å². The number of imidazole rings is 1. The van der Waals surface area contributed by atoms with Crippen LogP contribution in [0.4, 0.5) is 10.1 Å². The first-order valence-electron chi connectivity index (χ1n) is 9.48. The van der Waals surface area contributed by atoms with E-state index in [1.165, 1.54) is 6.07 Å². The summed E-state index contributed by atoms with van der Waals surface area (Å²) in [6, 6.07) is 5.45. The van der Waals surface area contributed by atoms with Gasteiger partial charge in [-0.1, -0.05) is 0 Å². The van der Waals surface area contributed by atoms with E-state index in [4.69, 9.17) is 0 Å². The van der Waals surface area contributed by atoms with Gasteiger partial charge in [-0.2, -0.15) is 5.10 Å². The molecule has 0 aliphatic carbocycles. The number of nitrogens with one attached hydrogen (secondary N) is 2. The van der Waals surface area contributed by atoms with Gasteiger partial charge in [-0.15, -0.1) is 11.3 Å². The lowest BCUT2D eigenvalue weighted by Gasteiger charge is -2.20. The molecule has 1 aliphatic rings. The maximum atomic E-state index is 14.9. The molecule has 5 rings (SSSR count). The van der Waals surface area contributed by atoms with Crippen LogP contribution in [0.15, 0.2) is 24.4 Å². The number of hydrogen-bond donors (Lipinski definition) is 2. The monoisotopic (exact) mass is 396 g/mol. The van der Waals surface area contributed by atoms with Crippen molar-refractivity contribution >= 4 is 32.9 Å². The summed E-state index contributed by atoms with van der Waals surface area (Å²) in [5, 5.41) is 12.2. The highest BCUT2D eigenvalue weighted by Gasteiger charge is 2.21. The second-order valence-electron chi connectivity index (χ2n) is 7.22. The minimum Gasteiger partial charge on any atom is -0.385 e. The van der Waals surface area contributed by atoms with Gasteiger partial charge in [0.15, 0.2) is 11.5 Å². The van der Waals surface area contributed by atoms with Gasteiger partial charge >= 0.3 is 0 Å². The van der Waals surface area contributed by atoms with Crippen molar-refractivity contribution in [3.63, 3.8) is 0 Å². The summed E-state index contributed by atoms with van der Waals surface area (Å²) in [7, 11) is 1.85. The zero-order valence-corrected chi connectivity index (χ0v) is 16.6. The number of fused-ring (bicyclic) bond motifs is 2. The zero-order valence-electron chi connectivity index (χ0n) is 15.8. The van der Waals surface area contributed by atoms with E-state index in [1.807, 2.05) is 32.3 Å². The van der Waals surface area contributed by atoms with Crippen molar-refractivity contribution in [2.45, 2.75) is 25.7 Å². The molecule has 2 N–H and O–H groups in total. The van der Waals surface area contributed by atoms with Gasteiger partial charge in [-0.05, 0) is 51.1 Å². The minimum atomic E-state index is -0.293. The summed E-state index contributed by atoms with van der Waals surface area (Å²) >= 11 is 1.60. The molecule has 8 heteroatoms. The fourth-order valence-electron chi connectivity index (χ4n) is 3.81. The van der Waals surface area contributed by atoms with Crippen molar-refractivity contribution in [1.29, 1.82) is 0 Å². The molecule has 0 atom stereocenters. The van der Waals surface area contributed by atoms with E-state index in [1.54, 1.807) is 15.9 Å². The molecule has 0 spiro atoms. The van der Waals surface area contributed by atoms with E-state index in [9.17, 15) is 4.39 Å². The van der Waals surface area contributed by atoms with Crippen molar-refractivity contribution in [3.8, 4) is 11.3 Å². The molecule has 1 saturated heterocycles. The molecule has 144 valence electrons. The smallest absolute Gasteiger partial charge is 0.177 e. The molecule has 1 aromatic carbocycles. The molecule has 1 aliphatic heterocycles. The Bertz CT molecular complexity index is 1170. The van der Waals surface area contributed by atoms with Crippen LogP contribution in [-0.2, 0) is 0 Å². The normalized spacial score (nSPS) is 15.5. The molecule has 4 aromatic rings. The number of benzene rings is 1. The lowest BCUT2D eigenvalue weighted by molar-refractivity contribution is 0.459. The first kappa shape index (κ1) is 17.5. The van der Waals surface area contributed by atoms with Gasteiger partial charge in [0.25, 0.3) is 0 Å². The van der Waals surface area contributed by atoms with Gasteiger partial charge in [-0.3, -0.25) is 0 Å². The third-order valence-corrected chi connectivity index (χ3v) is 6.43. The van der Waals surface area contributed by atoms with Crippen LogP contribution in [0.2, 0.25) is 0 Å². The molecular weight excluding hydrogens is 375 g/mol. The van der Waals surface area contributed by atoms with Crippen molar-refractivity contribution < 1.29 is 4.39 Å². The quantitative estimate of drug-likeness (QED) is 0.549. The second-order valence-corrected chi connectivity index (χ2v) is 8.29. The first-order valence-corrected chi connectivity index (χ1v) is 10.3. The SMILES string of the molecule is CNc1cc(-c2cc(F)c3nc(C4CCNCC4)sc3c2)nn2cc(C)nc12. The summed E-state index contributed by atoms with van der Waals surface area (Å²) < 4.78 is 17.5. The third kappa shape index (κ3) is 2.93. The number of thiazole rings is 1. The van der Waals surface area contributed by atoms with Gasteiger partial charge in [0, 0.05) is 18.5 Å². The van der Waals surface area contributed by atoms with Crippen molar-refractivity contribution in [2.75, 3.05) is 25.5 Å². The van der Waals surface area contributed by atoms with Gasteiger partial charge in [0.2, 0.25) is 0 Å². The number of anilines is 1. The number of halogens is 1. The Morgan fingerprint density at radius 2 is 2.04 bits per heavy atom. The largest absolute Gasteiger partial charge is 0.385 e. The van der Waals surface area contributed by atoms with Gasteiger partial charge in [-0.25, -0.2) is 18.9 Å². The average Bonchev–Trinajstić information content (AvgIpc) is 3.30. The molecule has 0 saturated carbocycles. The summed E-state index contributed by atoms with van der Waals surface area (Å²) in [6.07, 6.45) is 3.98. The number of hydrogen-bond acceptors (Lipinski definition) is 6. The van der Waals surface area contributed by atoms with Gasteiger partial charge < -0.3 is 10.6 Å². The Morgan fingerprint density at radius 3 is 2.82 bits per heavy atom. The molecular formula is C20H21FN6S. The minimum absolute atomic E-state index is 0.293. The number of aromatic nitrogens is 4. The molecule has 3 aromatic heterocycles. The lowest BCUT2D eigenvalue weighted by atomic mass is 9.99. The number of aryl methyl sites for hydroxylation is 1. The highest BCUT2D eigenvalue weighted by atomic mass is 32.1. The van der Waals surface area contributed by atoms with Crippen LogP contribution in [0.3, 0.4) is 0 Å². The number of rotatable bonds is 3. The van der Waals surface area contributed by atoms with E-state index in [0.717, 1.165) is 58.2 Å². The van der Waals surface area contributed by atoms with Crippen LogP contribution in [0.25, 0.3) is 27.1 Å². The van der Waals surface area contributed by atoms with Crippen LogP contribution in [0.1, 0.15) is 29.5 Å². The third-order valence-electron chi connectivity index (χ3n) is 5.26. The van der Waals surface area contributed by atoms with Gasteiger partial charge in [0.1, 0.15) is 5.52 Å². The maximum absolute atomic E-state index is 14.9. The fourth-order valence-corrected chi connectivity index (χ4v) is 5.00. The predicted molar refractivity (Wildman–Crippen MR) is 111 cm³/mol. The molecule has 0 amide bonds. The van der Waals surface area contributed by atoms with E-state index < -0.39 is 0 Å². The average molecular weight is 396 g/mol. The number of nitrogens with zero attached hydrogens (tertiary/aromatic N) is 4. The van der Waals surface area contributed by atoms with Crippen molar-refractivity contribution in [1.82, 2.24) is 24.9 Å². The van der Waals surface area contributed by atoms with Crippen LogP contribution in [-0.4, -0.2) is 39.7 Å². The van der Waals surface area contributed by atoms with Crippen LogP contribution >= 0.6 is 11.3 Å². The number of piperidine rings is 1. The Labute approximate surface area is 165 Å². The molecule has 4 heterocycles. The van der Waals surface area contributed by atoms with Crippen LogP contribution in [0, 0.1) is 12.7 Å². The summed E-state index contributed by atoms with van der Waals surface area (Å²) in [6.45, 7) is 3.92. The van der Waals surface area contributed by atoms with E-state index >= 15 is 0 Å². The highest BCUT2D eigenvalue weighted by molar-refractivity contribution is 7.18. The van der Waals surface area contributed by atoms with Gasteiger partial charge in [0.05, 0.1) is 33.0 Å². The van der Waals surface area contributed by atoms with Crippen molar-refractivity contribution in [2.24, 2.45) is 0 Å². The van der Waals surface area contributed by atoms with E-state index in [0.29, 0.717) is 17.1 Å². The highest BCUT2D eigenvalue weighted by Crippen LogP contribution is 2.36. The standard InChI is InChI=1S/C20H21FN6S/c1-11-10-27-19(24-11)16(22-2)9-15(26-27)13-7-14(21)18-17(8-13)28-20(25-18)12-3-5-23-6-4-12/h7-10,12,22-23H,3-6H2,1-2H3. The molecule has 28 heavy (non-hydrogen) atoms. The fraction of sp³-hybridized carbons (Fsp3) is 0.350. The molecule has 1 fully saturated rings. The Kier molecular flexibility index (Phi) is 4.25. The molecule has 0 bridgehead atoms. The first-order chi connectivity index (χ1) is 13.6. The Balaban J connectivity index is 1.62. The maximum Gasteiger partial charge on any atom is 0.177 e. The van der Waals surface area contributed by atoms with Crippen LogP contribution < -0.4 is 10.6 Å². The predicted octanol–water partition coefficient (Wildman–Crippen LogP) is 3.96. The molecule has 6 nitrogen and oxygen atoms in total. The molecule has 0 radical (unpaired) electrons. The lowest BCUT2D eigenvalue weighted by Crippen LogP contribution is -2.26. The summed E-state index contributed by atoms with van der Waals surface area (Å²) in [4.78, 5) is 9.12. The Hall–Kier alpha value is -2.58. The van der Waals surface area contributed by atoms with E-state index in [2.05, 4.69) is 25.7 Å².